The van der Waals surface area contributed by atoms with E-state index in [9.17, 15) is 0 Å². The zero-order valence-corrected chi connectivity index (χ0v) is 11.9. The van der Waals surface area contributed by atoms with Gasteiger partial charge in [0.1, 0.15) is 0 Å². The molecule has 0 radical (unpaired) electrons. The van der Waals surface area contributed by atoms with E-state index in [0.717, 1.165) is 57.2 Å². The number of hydrogen-bond acceptors (Lipinski definition) is 5. The van der Waals surface area contributed by atoms with Crippen LogP contribution in [0.5, 0.6) is 0 Å². The fourth-order valence-electron chi connectivity index (χ4n) is 3.11. The van der Waals surface area contributed by atoms with E-state index in [-0.39, 0.29) is 0 Å². The third-order valence-corrected chi connectivity index (χ3v) is 4.46. The van der Waals surface area contributed by atoms with E-state index < -0.39 is 0 Å². The molecule has 1 atom stereocenters. The Labute approximate surface area is 114 Å². The zero-order chi connectivity index (χ0) is 13.2. The lowest BCUT2D eigenvalue weighted by Crippen LogP contribution is -2.28. The minimum atomic E-state index is 0.460. The van der Waals surface area contributed by atoms with Crippen LogP contribution in [0.2, 0.25) is 0 Å². The van der Waals surface area contributed by atoms with Crippen LogP contribution in [0.3, 0.4) is 0 Å². The minimum Gasteiger partial charge on any atom is -0.339 e. The van der Waals surface area contributed by atoms with Crippen molar-refractivity contribution in [2.24, 2.45) is 0 Å². The van der Waals surface area contributed by atoms with Gasteiger partial charge in [0, 0.05) is 24.4 Å². The Balaban J connectivity index is 1.65. The van der Waals surface area contributed by atoms with E-state index in [1.807, 2.05) is 0 Å². The summed E-state index contributed by atoms with van der Waals surface area (Å²) in [5.74, 6) is 2.71. The van der Waals surface area contributed by atoms with Crippen LogP contribution in [0.25, 0.3) is 0 Å². The Bertz CT molecular complexity index is 411. The fraction of sp³-hybridized carbons (Fsp3) is 0.857. The number of nitrogens with one attached hydrogen (secondary N) is 1. The van der Waals surface area contributed by atoms with E-state index in [1.54, 1.807) is 0 Å². The van der Waals surface area contributed by atoms with Gasteiger partial charge in [-0.25, -0.2) is 0 Å². The molecule has 0 aliphatic carbocycles. The van der Waals surface area contributed by atoms with Gasteiger partial charge in [-0.2, -0.15) is 4.98 Å². The first-order chi connectivity index (χ1) is 9.24. The molecule has 2 saturated heterocycles. The van der Waals surface area contributed by atoms with Crippen LogP contribution in [-0.2, 0) is 0 Å². The highest BCUT2D eigenvalue weighted by Crippen LogP contribution is 2.29. The van der Waals surface area contributed by atoms with Crippen LogP contribution in [0.15, 0.2) is 4.52 Å². The molecule has 3 rings (SSSR count). The Hall–Kier alpha value is -0.940. The van der Waals surface area contributed by atoms with Gasteiger partial charge in [0.05, 0.1) is 0 Å². The van der Waals surface area contributed by atoms with Crippen molar-refractivity contribution in [2.75, 3.05) is 26.2 Å². The largest absolute Gasteiger partial charge is 0.339 e. The van der Waals surface area contributed by atoms with Crippen molar-refractivity contribution in [3.63, 3.8) is 0 Å². The molecule has 1 aromatic heterocycles. The molecule has 1 aromatic rings. The van der Waals surface area contributed by atoms with Crippen molar-refractivity contribution >= 4 is 0 Å². The predicted octanol–water partition coefficient (Wildman–Crippen LogP) is 1.73. The summed E-state index contributed by atoms with van der Waals surface area (Å²) in [7, 11) is 0. The minimum absolute atomic E-state index is 0.460. The average Bonchev–Trinajstić information content (AvgIpc) is 3.09. The van der Waals surface area contributed by atoms with Crippen molar-refractivity contribution in [2.45, 2.75) is 51.0 Å². The third kappa shape index (κ3) is 2.82. The Kier molecular flexibility index (Phi) is 3.84. The van der Waals surface area contributed by atoms with Gasteiger partial charge in [-0.15, -0.1) is 0 Å². The molecular formula is C14H24N4O. The maximum atomic E-state index is 5.50. The maximum absolute atomic E-state index is 5.50. The lowest BCUT2D eigenvalue weighted by atomic mass is 9.98. The molecule has 0 spiro atoms. The molecule has 19 heavy (non-hydrogen) atoms. The van der Waals surface area contributed by atoms with Gasteiger partial charge >= 0.3 is 0 Å². The molecule has 106 valence electrons. The molecule has 1 unspecified atom stereocenters. The van der Waals surface area contributed by atoms with Gasteiger partial charge in [-0.1, -0.05) is 5.16 Å². The molecule has 2 fully saturated rings. The van der Waals surface area contributed by atoms with E-state index in [4.69, 9.17) is 4.52 Å². The van der Waals surface area contributed by atoms with Crippen LogP contribution in [0.1, 0.15) is 56.7 Å². The van der Waals surface area contributed by atoms with Crippen LogP contribution in [0, 0.1) is 0 Å². The zero-order valence-electron chi connectivity index (χ0n) is 11.9. The number of rotatable bonds is 3. The van der Waals surface area contributed by atoms with Gasteiger partial charge in [-0.05, 0) is 52.7 Å². The number of likely N-dealkylation sites (tertiary alicyclic amines) is 1. The second-order valence-corrected chi connectivity index (χ2v) is 6.09. The van der Waals surface area contributed by atoms with Gasteiger partial charge in [-0.3, -0.25) is 0 Å². The van der Waals surface area contributed by atoms with Gasteiger partial charge in [0.25, 0.3) is 0 Å². The van der Waals surface area contributed by atoms with E-state index in [1.165, 1.54) is 0 Å². The van der Waals surface area contributed by atoms with Gasteiger partial charge in [0.2, 0.25) is 5.89 Å². The first kappa shape index (κ1) is 13.1. The average molecular weight is 264 g/mol. The summed E-state index contributed by atoms with van der Waals surface area (Å²) < 4.78 is 5.50. The molecular weight excluding hydrogens is 240 g/mol. The molecule has 2 aliphatic rings. The normalized spacial score (nSPS) is 26.4. The van der Waals surface area contributed by atoms with Crippen LogP contribution < -0.4 is 5.32 Å². The second-order valence-electron chi connectivity index (χ2n) is 6.09. The summed E-state index contributed by atoms with van der Waals surface area (Å²) in [6, 6.07) is 0.612. The fourth-order valence-corrected chi connectivity index (χ4v) is 3.11. The van der Waals surface area contributed by atoms with Crippen molar-refractivity contribution in [3.8, 4) is 0 Å². The molecule has 1 N–H and O–H groups in total. The first-order valence-corrected chi connectivity index (χ1v) is 7.52. The van der Waals surface area contributed by atoms with Crippen LogP contribution >= 0.6 is 0 Å². The number of piperidine rings is 1. The van der Waals surface area contributed by atoms with Crippen molar-refractivity contribution < 1.29 is 4.52 Å². The van der Waals surface area contributed by atoms with Crippen molar-refractivity contribution in [1.82, 2.24) is 20.4 Å². The Morgan fingerprint density at radius 3 is 2.68 bits per heavy atom. The molecule has 0 bridgehead atoms. The van der Waals surface area contributed by atoms with Crippen LogP contribution in [-0.4, -0.2) is 47.3 Å². The summed E-state index contributed by atoms with van der Waals surface area (Å²) in [6.45, 7) is 8.85. The highest BCUT2D eigenvalue weighted by Gasteiger charge is 2.30. The number of hydrogen-bond donors (Lipinski definition) is 1. The van der Waals surface area contributed by atoms with E-state index in [2.05, 4.69) is 34.2 Å². The van der Waals surface area contributed by atoms with E-state index >= 15 is 0 Å². The molecule has 2 aliphatic heterocycles. The van der Waals surface area contributed by atoms with Gasteiger partial charge < -0.3 is 14.7 Å². The molecule has 0 amide bonds. The second kappa shape index (κ2) is 5.59. The highest BCUT2D eigenvalue weighted by atomic mass is 16.5. The van der Waals surface area contributed by atoms with Gasteiger partial charge in [0.15, 0.2) is 5.82 Å². The SMILES string of the molecule is CC(C)N1CCC(c2noc(C3CCNCC3)n2)C1. The lowest BCUT2D eigenvalue weighted by Gasteiger charge is -2.19. The first-order valence-electron chi connectivity index (χ1n) is 7.52. The lowest BCUT2D eigenvalue weighted by molar-refractivity contribution is 0.270. The van der Waals surface area contributed by atoms with Crippen LogP contribution in [0.4, 0.5) is 0 Å². The molecule has 3 heterocycles. The predicted molar refractivity (Wildman–Crippen MR) is 73.2 cm³/mol. The summed E-state index contributed by atoms with van der Waals surface area (Å²) in [6.07, 6.45) is 3.39. The summed E-state index contributed by atoms with van der Waals surface area (Å²) in [5, 5.41) is 7.60. The van der Waals surface area contributed by atoms with Crippen molar-refractivity contribution in [1.29, 1.82) is 0 Å². The quantitative estimate of drug-likeness (QED) is 0.901. The smallest absolute Gasteiger partial charge is 0.229 e. The summed E-state index contributed by atoms with van der Waals surface area (Å²) >= 11 is 0. The Morgan fingerprint density at radius 2 is 2.00 bits per heavy atom. The highest BCUT2D eigenvalue weighted by molar-refractivity contribution is 5.03. The molecule has 5 nitrogen and oxygen atoms in total. The number of aromatic nitrogens is 2. The third-order valence-electron chi connectivity index (χ3n) is 4.46. The Morgan fingerprint density at radius 1 is 1.21 bits per heavy atom. The number of nitrogens with zero attached hydrogens (tertiary/aromatic N) is 3. The van der Waals surface area contributed by atoms with Crippen molar-refractivity contribution in [3.05, 3.63) is 11.7 Å². The molecule has 0 saturated carbocycles. The summed E-state index contributed by atoms with van der Waals surface area (Å²) in [5.41, 5.74) is 0. The maximum Gasteiger partial charge on any atom is 0.229 e. The monoisotopic (exact) mass is 264 g/mol. The summed E-state index contributed by atoms with van der Waals surface area (Å²) in [4.78, 5) is 7.17. The van der Waals surface area contributed by atoms with E-state index in [0.29, 0.717) is 17.9 Å². The molecule has 5 heteroatoms. The topological polar surface area (TPSA) is 54.2 Å². The standard InChI is InChI=1S/C14H24N4O/c1-10(2)18-8-5-12(9-18)13-16-14(19-17-13)11-3-6-15-7-4-11/h10-12,15H,3-9H2,1-2H3. The molecule has 0 aromatic carbocycles.